The number of non-ortho nitro benzene ring substituents is 1. The molecular formula is C11H10BrN3O4. The van der Waals surface area contributed by atoms with Crippen molar-refractivity contribution in [1.82, 2.24) is 10.1 Å². The van der Waals surface area contributed by atoms with Crippen LogP contribution in [0.1, 0.15) is 18.6 Å². The first-order chi connectivity index (χ1) is 9.10. The maximum atomic E-state index is 10.7. The predicted octanol–water partition coefficient (Wildman–Crippen LogP) is 2.88. The maximum absolute atomic E-state index is 10.7. The number of aromatic nitrogens is 2. The minimum atomic E-state index is -0.483. The molecule has 1 aromatic heterocycles. The van der Waals surface area contributed by atoms with Crippen LogP contribution in [-0.4, -0.2) is 15.1 Å². The molecule has 0 amide bonds. The molecule has 0 aliphatic rings. The van der Waals surface area contributed by atoms with E-state index in [2.05, 4.69) is 26.1 Å². The Kier molecular flexibility index (Phi) is 4.10. The summed E-state index contributed by atoms with van der Waals surface area (Å²) in [6.07, 6.45) is 0.646. The van der Waals surface area contributed by atoms with Crippen molar-refractivity contribution in [2.24, 2.45) is 0 Å². The number of benzene rings is 1. The lowest BCUT2D eigenvalue weighted by molar-refractivity contribution is -0.385. The normalized spacial score (nSPS) is 10.4. The van der Waals surface area contributed by atoms with Gasteiger partial charge in [0.25, 0.3) is 5.69 Å². The van der Waals surface area contributed by atoms with Crippen LogP contribution < -0.4 is 4.74 Å². The Morgan fingerprint density at radius 3 is 2.95 bits per heavy atom. The van der Waals surface area contributed by atoms with E-state index in [0.717, 1.165) is 0 Å². The molecule has 0 atom stereocenters. The number of hydrogen-bond donors (Lipinski definition) is 0. The van der Waals surface area contributed by atoms with Crippen molar-refractivity contribution in [3.05, 3.63) is 44.5 Å². The molecule has 0 aliphatic heterocycles. The number of halogens is 1. The molecule has 19 heavy (non-hydrogen) atoms. The van der Waals surface area contributed by atoms with E-state index in [1.807, 2.05) is 6.92 Å². The smallest absolute Gasteiger partial charge is 0.273 e. The van der Waals surface area contributed by atoms with Crippen LogP contribution in [-0.2, 0) is 13.0 Å². The van der Waals surface area contributed by atoms with Crippen molar-refractivity contribution in [3.8, 4) is 5.75 Å². The second kappa shape index (κ2) is 5.79. The molecule has 0 fully saturated rings. The van der Waals surface area contributed by atoms with Crippen LogP contribution in [0, 0.1) is 10.1 Å². The standard InChI is InChI=1S/C11H10BrN3O4/c1-2-11-13-10(14-19-11)6-18-9-5-7(15(16)17)3-4-8(9)12/h3-5H,2,6H2,1H3. The summed E-state index contributed by atoms with van der Waals surface area (Å²) in [6, 6.07) is 4.28. The summed E-state index contributed by atoms with van der Waals surface area (Å²) in [4.78, 5) is 14.3. The maximum Gasteiger partial charge on any atom is 0.273 e. The number of hydrogen-bond acceptors (Lipinski definition) is 6. The highest BCUT2D eigenvalue weighted by atomic mass is 79.9. The Balaban J connectivity index is 2.10. The number of nitro groups is 1. The first kappa shape index (κ1) is 13.5. The van der Waals surface area contributed by atoms with Crippen molar-refractivity contribution in [2.45, 2.75) is 20.0 Å². The highest BCUT2D eigenvalue weighted by Crippen LogP contribution is 2.29. The van der Waals surface area contributed by atoms with Gasteiger partial charge in [0, 0.05) is 12.5 Å². The fourth-order valence-corrected chi connectivity index (χ4v) is 1.71. The van der Waals surface area contributed by atoms with Gasteiger partial charge in [0.15, 0.2) is 6.61 Å². The molecule has 0 aliphatic carbocycles. The molecule has 100 valence electrons. The second-order valence-corrected chi connectivity index (χ2v) is 4.47. The van der Waals surface area contributed by atoms with Gasteiger partial charge in [0.05, 0.1) is 15.5 Å². The summed E-state index contributed by atoms with van der Waals surface area (Å²) < 4.78 is 11.0. The predicted molar refractivity (Wildman–Crippen MR) is 68.8 cm³/mol. The summed E-state index contributed by atoms with van der Waals surface area (Å²) in [7, 11) is 0. The van der Waals surface area contributed by atoms with E-state index in [9.17, 15) is 10.1 Å². The zero-order valence-electron chi connectivity index (χ0n) is 10.00. The summed E-state index contributed by atoms with van der Waals surface area (Å²) in [5.41, 5.74) is -0.0411. The van der Waals surface area contributed by atoms with E-state index >= 15 is 0 Å². The molecule has 1 heterocycles. The third-order valence-corrected chi connectivity index (χ3v) is 2.95. The molecule has 2 aromatic rings. The van der Waals surface area contributed by atoms with Crippen LogP contribution in [0.15, 0.2) is 27.2 Å². The van der Waals surface area contributed by atoms with Gasteiger partial charge in [-0.25, -0.2) is 0 Å². The number of aryl methyl sites for hydroxylation is 1. The van der Waals surface area contributed by atoms with Crippen molar-refractivity contribution in [2.75, 3.05) is 0 Å². The molecule has 0 saturated heterocycles. The first-order valence-electron chi connectivity index (χ1n) is 5.48. The fourth-order valence-electron chi connectivity index (χ4n) is 1.35. The van der Waals surface area contributed by atoms with Crippen molar-refractivity contribution in [3.63, 3.8) is 0 Å². The lowest BCUT2D eigenvalue weighted by Gasteiger charge is -2.05. The largest absolute Gasteiger partial charge is 0.484 e. The van der Waals surface area contributed by atoms with Crippen LogP contribution in [0.4, 0.5) is 5.69 Å². The van der Waals surface area contributed by atoms with Crippen LogP contribution in [0.3, 0.4) is 0 Å². The van der Waals surface area contributed by atoms with Gasteiger partial charge in [-0.15, -0.1) is 0 Å². The number of nitro benzene ring substituents is 1. The van der Waals surface area contributed by atoms with Gasteiger partial charge in [0.1, 0.15) is 5.75 Å². The molecule has 0 radical (unpaired) electrons. The number of rotatable bonds is 5. The second-order valence-electron chi connectivity index (χ2n) is 3.62. The number of ether oxygens (including phenoxy) is 1. The third-order valence-electron chi connectivity index (χ3n) is 2.29. The van der Waals surface area contributed by atoms with E-state index in [1.165, 1.54) is 12.1 Å². The van der Waals surface area contributed by atoms with Crippen molar-refractivity contribution < 1.29 is 14.2 Å². The van der Waals surface area contributed by atoms with Crippen LogP contribution in [0.2, 0.25) is 0 Å². The van der Waals surface area contributed by atoms with Gasteiger partial charge in [-0.05, 0) is 22.0 Å². The summed E-state index contributed by atoms with van der Waals surface area (Å²) in [5.74, 6) is 1.28. The Labute approximate surface area is 116 Å². The molecule has 7 nitrogen and oxygen atoms in total. The third kappa shape index (κ3) is 3.28. The van der Waals surface area contributed by atoms with Crippen LogP contribution in [0.5, 0.6) is 5.75 Å². The van der Waals surface area contributed by atoms with Gasteiger partial charge in [0.2, 0.25) is 11.7 Å². The van der Waals surface area contributed by atoms with E-state index in [-0.39, 0.29) is 12.3 Å². The SMILES string of the molecule is CCc1nc(COc2cc([N+](=O)[O-])ccc2Br)no1. The van der Waals surface area contributed by atoms with Gasteiger partial charge >= 0.3 is 0 Å². The monoisotopic (exact) mass is 327 g/mol. The molecule has 0 N–H and O–H groups in total. The quantitative estimate of drug-likeness (QED) is 0.619. The van der Waals surface area contributed by atoms with Gasteiger partial charge < -0.3 is 9.26 Å². The average Bonchev–Trinajstić information content (AvgIpc) is 2.85. The van der Waals surface area contributed by atoms with Crippen molar-refractivity contribution in [1.29, 1.82) is 0 Å². The Morgan fingerprint density at radius 1 is 1.53 bits per heavy atom. The van der Waals surface area contributed by atoms with E-state index in [1.54, 1.807) is 6.07 Å². The van der Waals surface area contributed by atoms with Crippen LogP contribution in [0.25, 0.3) is 0 Å². The first-order valence-corrected chi connectivity index (χ1v) is 6.27. The molecule has 8 heteroatoms. The van der Waals surface area contributed by atoms with E-state index < -0.39 is 4.92 Å². The minimum Gasteiger partial charge on any atom is -0.484 e. The van der Waals surface area contributed by atoms with E-state index in [0.29, 0.717) is 28.4 Å². The summed E-state index contributed by atoms with van der Waals surface area (Å²) >= 11 is 3.26. The molecule has 0 unspecified atom stereocenters. The zero-order valence-corrected chi connectivity index (χ0v) is 11.6. The Morgan fingerprint density at radius 2 is 2.32 bits per heavy atom. The molecule has 2 rings (SSSR count). The van der Waals surface area contributed by atoms with E-state index in [4.69, 9.17) is 9.26 Å². The lowest BCUT2D eigenvalue weighted by Crippen LogP contribution is -1.99. The fraction of sp³-hybridized carbons (Fsp3) is 0.273. The van der Waals surface area contributed by atoms with Gasteiger partial charge in [-0.1, -0.05) is 12.1 Å². The zero-order chi connectivity index (χ0) is 13.8. The number of nitrogens with zero attached hydrogens (tertiary/aromatic N) is 3. The molecule has 1 aromatic carbocycles. The van der Waals surface area contributed by atoms with Gasteiger partial charge in [-0.3, -0.25) is 10.1 Å². The highest BCUT2D eigenvalue weighted by molar-refractivity contribution is 9.10. The van der Waals surface area contributed by atoms with Gasteiger partial charge in [-0.2, -0.15) is 4.98 Å². The van der Waals surface area contributed by atoms with Crippen LogP contribution >= 0.6 is 15.9 Å². The van der Waals surface area contributed by atoms with Crippen molar-refractivity contribution >= 4 is 21.6 Å². The minimum absolute atomic E-state index is 0.0411. The summed E-state index contributed by atoms with van der Waals surface area (Å²) in [6.45, 7) is 1.98. The summed E-state index contributed by atoms with van der Waals surface area (Å²) in [5, 5.41) is 14.4. The topological polar surface area (TPSA) is 91.3 Å². The molecule has 0 spiro atoms. The Hall–Kier alpha value is -1.96. The molecule has 0 saturated carbocycles. The Bertz CT molecular complexity index is 599. The molecular weight excluding hydrogens is 318 g/mol. The lowest BCUT2D eigenvalue weighted by atomic mass is 10.3. The average molecular weight is 328 g/mol. The highest BCUT2D eigenvalue weighted by Gasteiger charge is 2.12. The molecule has 0 bridgehead atoms.